The minimum Gasteiger partial charge on any atom is -0.298 e. The van der Waals surface area contributed by atoms with Gasteiger partial charge in [-0.3, -0.25) is 15.8 Å². The number of fused-ring (bicyclic) bond motifs is 1. The molecular weight excluding hydrogens is 190 g/mol. The molecule has 1 heterocycles. The lowest BCUT2D eigenvalue weighted by Crippen LogP contribution is -2.40. The summed E-state index contributed by atoms with van der Waals surface area (Å²) in [4.78, 5) is 2.70. The highest BCUT2D eigenvalue weighted by molar-refractivity contribution is 8.16. The van der Waals surface area contributed by atoms with Crippen LogP contribution in [0.4, 0.5) is 0 Å². The number of rotatable bonds is 1. The molecule has 0 aromatic rings. The van der Waals surface area contributed by atoms with E-state index in [4.69, 9.17) is 0 Å². The average molecular weight is 215 g/mol. The van der Waals surface area contributed by atoms with Crippen LogP contribution in [0, 0.1) is 11.8 Å². The molecule has 0 aromatic heterocycles. The van der Waals surface area contributed by atoms with Crippen LogP contribution in [0.2, 0.25) is 0 Å². The summed E-state index contributed by atoms with van der Waals surface area (Å²) in [5.74, 6) is 2.10. The Hall–Kier alpha value is 0.310. The molecule has 2 fully saturated rings. The molecule has 1 saturated carbocycles. The number of hydrogen-bond acceptors (Lipinski definition) is 1. The van der Waals surface area contributed by atoms with Gasteiger partial charge >= 0.3 is 0 Å². The van der Waals surface area contributed by atoms with Crippen LogP contribution >= 0.6 is 10.9 Å². The molecular formula is C12H25NS. The fraction of sp³-hybridized carbons (Fsp3) is 1.00. The molecule has 1 nitrogen and oxygen atoms in total. The summed E-state index contributed by atoms with van der Waals surface area (Å²) in [7, 11) is 0.312. The van der Waals surface area contributed by atoms with E-state index in [1.54, 1.807) is 0 Å². The van der Waals surface area contributed by atoms with E-state index in [0.29, 0.717) is 16.4 Å². The summed E-state index contributed by atoms with van der Waals surface area (Å²) in [6.45, 7) is 9.81. The van der Waals surface area contributed by atoms with Crippen LogP contribution in [0.1, 0.15) is 27.2 Å². The Morgan fingerprint density at radius 3 is 2.29 bits per heavy atom. The third-order valence-corrected chi connectivity index (χ3v) is 6.06. The summed E-state index contributed by atoms with van der Waals surface area (Å²) in [6, 6.07) is 0. The van der Waals surface area contributed by atoms with Crippen molar-refractivity contribution in [2.45, 2.75) is 38.0 Å². The van der Waals surface area contributed by atoms with Crippen LogP contribution in [0.5, 0.6) is 0 Å². The molecule has 0 N–H and O–H groups in total. The largest absolute Gasteiger partial charge is 0.298 e. The second-order valence-electron chi connectivity index (χ2n) is 6.27. The van der Waals surface area contributed by atoms with Crippen molar-refractivity contribution in [3.63, 3.8) is 0 Å². The van der Waals surface area contributed by atoms with E-state index in [9.17, 15) is 0 Å². The standard InChI is InChI=1S/C12H25NS/c1-12(2,3)13-7-9-6-11(14(4)5)10(9)8-13/h9-11,14H,6-8H2,1-5H3. The molecule has 1 aliphatic heterocycles. The fourth-order valence-corrected chi connectivity index (χ4v) is 4.81. The van der Waals surface area contributed by atoms with E-state index in [1.165, 1.54) is 19.5 Å². The van der Waals surface area contributed by atoms with Crippen molar-refractivity contribution in [1.82, 2.24) is 4.90 Å². The highest BCUT2D eigenvalue weighted by Gasteiger charge is 2.49. The van der Waals surface area contributed by atoms with E-state index in [-0.39, 0.29) is 0 Å². The van der Waals surface area contributed by atoms with Gasteiger partial charge in [0.1, 0.15) is 0 Å². The second kappa shape index (κ2) is 3.41. The lowest BCUT2D eigenvalue weighted by molar-refractivity contribution is 0.169. The molecule has 0 bridgehead atoms. The summed E-state index contributed by atoms with van der Waals surface area (Å²) >= 11 is 0. The zero-order chi connectivity index (χ0) is 10.5. The van der Waals surface area contributed by atoms with Crippen LogP contribution in [0.15, 0.2) is 0 Å². The first-order valence-corrected chi connectivity index (χ1v) is 8.11. The molecule has 2 heteroatoms. The predicted molar refractivity (Wildman–Crippen MR) is 67.5 cm³/mol. The Kier molecular flexibility index (Phi) is 2.64. The van der Waals surface area contributed by atoms with Crippen molar-refractivity contribution in [1.29, 1.82) is 0 Å². The van der Waals surface area contributed by atoms with Crippen LogP contribution < -0.4 is 0 Å². The van der Waals surface area contributed by atoms with Gasteiger partial charge in [0, 0.05) is 18.6 Å². The summed E-state index contributed by atoms with van der Waals surface area (Å²) in [5, 5.41) is 1.09. The molecule has 0 aromatic carbocycles. The van der Waals surface area contributed by atoms with Crippen LogP contribution in [-0.2, 0) is 0 Å². The first-order valence-electron chi connectivity index (χ1n) is 5.81. The van der Waals surface area contributed by atoms with Gasteiger partial charge in [-0.1, -0.05) is 0 Å². The normalized spacial score (nSPS) is 39.2. The lowest BCUT2D eigenvalue weighted by Gasteiger charge is -2.43. The van der Waals surface area contributed by atoms with Crippen molar-refractivity contribution >= 4 is 10.9 Å². The molecule has 0 radical (unpaired) electrons. The summed E-state index contributed by atoms with van der Waals surface area (Å²) in [5.41, 5.74) is 0.395. The molecule has 2 aliphatic rings. The van der Waals surface area contributed by atoms with Crippen molar-refractivity contribution in [3.05, 3.63) is 0 Å². The molecule has 3 unspecified atom stereocenters. The summed E-state index contributed by atoms with van der Waals surface area (Å²) in [6.07, 6.45) is 6.43. The highest BCUT2D eigenvalue weighted by Crippen LogP contribution is 2.51. The first-order chi connectivity index (χ1) is 6.39. The van der Waals surface area contributed by atoms with Crippen molar-refractivity contribution in [3.8, 4) is 0 Å². The van der Waals surface area contributed by atoms with Gasteiger partial charge in [0.15, 0.2) is 0 Å². The van der Waals surface area contributed by atoms with Crippen molar-refractivity contribution in [2.75, 3.05) is 25.6 Å². The lowest BCUT2D eigenvalue weighted by atomic mass is 9.76. The van der Waals surface area contributed by atoms with Gasteiger partial charge in [0.2, 0.25) is 0 Å². The highest BCUT2D eigenvalue weighted by atomic mass is 32.2. The smallest absolute Gasteiger partial charge is 0.0125 e. The minimum atomic E-state index is 0.312. The van der Waals surface area contributed by atoms with Gasteiger partial charge in [-0.05, 0) is 56.8 Å². The van der Waals surface area contributed by atoms with E-state index in [2.05, 4.69) is 38.2 Å². The van der Waals surface area contributed by atoms with Gasteiger partial charge < -0.3 is 0 Å². The summed E-state index contributed by atoms with van der Waals surface area (Å²) < 4.78 is 0. The molecule has 1 saturated heterocycles. The van der Waals surface area contributed by atoms with Gasteiger partial charge in [-0.2, -0.15) is 0 Å². The topological polar surface area (TPSA) is 3.24 Å². The molecule has 14 heavy (non-hydrogen) atoms. The maximum absolute atomic E-state index is 2.70. The van der Waals surface area contributed by atoms with Gasteiger partial charge in [0.05, 0.1) is 0 Å². The number of nitrogens with zero attached hydrogens (tertiary/aromatic N) is 1. The number of thiol groups is 1. The number of hydrogen-bond donors (Lipinski definition) is 1. The maximum Gasteiger partial charge on any atom is 0.0125 e. The first kappa shape index (κ1) is 10.8. The van der Waals surface area contributed by atoms with Gasteiger partial charge in [0.25, 0.3) is 0 Å². The Morgan fingerprint density at radius 2 is 1.79 bits per heavy atom. The molecule has 3 atom stereocenters. The second-order valence-corrected chi connectivity index (χ2v) is 8.86. The molecule has 2 rings (SSSR count). The quantitative estimate of drug-likeness (QED) is 0.657. The SMILES string of the molecule is C[SH](C)C1CC2CN(C(C)(C)C)CC21. The maximum atomic E-state index is 2.70. The van der Waals surface area contributed by atoms with Gasteiger partial charge in [-0.15, -0.1) is 0 Å². The van der Waals surface area contributed by atoms with E-state index in [1.807, 2.05) is 0 Å². The average Bonchev–Trinajstić information content (AvgIpc) is 2.26. The zero-order valence-electron chi connectivity index (χ0n) is 10.2. The Bertz CT molecular complexity index is 219. The molecule has 84 valence electrons. The van der Waals surface area contributed by atoms with E-state index < -0.39 is 0 Å². The van der Waals surface area contributed by atoms with Crippen LogP contribution in [0.3, 0.4) is 0 Å². The third kappa shape index (κ3) is 1.71. The Labute approximate surface area is 91.6 Å². The predicted octanol–water partition coefficient (Wildman–Crippen LogP) is 2.37. The van der Waals surface area contributed by atoms with Crippen molar-refractivity contribution in [2.24, 2.45) is 11.8 Å². The monoisotopic (exact) mass is 215 g/mol. The Morgan fingerprint density at radius 1 is 1.14 bits per heavy atom. The number of likely N-dealkylation sites (tertiary alicyclic amines) is 1. The van der Waals surface area contributed by atoms with Crippen LogP contribution in [0.25, 0.3) is 0 Å². The van der Waals surface area contributed by atoms with E-state index >= 15 is 0 Å². The minimum absolute atomic E-state index is 0.312. The molecule has 0 amide bonds. The fourth-order valence-electron chi connectivity index (χ4n) is 3.01. The van der Waals surface area contributed by atoms with Crippen LogP contribution in [-0.4, -0.2) is 41.3 Å². The Balaban J connectivity index is 1.96. The molecule has 1 aliphatic carbocycles. The molecule has 0 spiro atoms. The van der Waals surface area contributed by atoms with Crippen molar-refractivity contribution < 1.29 is 0 Å². The van der Waals surface area contributed by atoms with Gasteiger partial charge in [-0.25, -0.2) is 0 Å². The zero-order valence-corrected chi connectivity index (χ0v) is 11.1. The third-order valence-electron chi connectivity index (χ3n) is 4.14. The van der Waals surface area contributed by atoms with E-state index in [0.717, 1.165) is 17.1 Å².